The van der Waals surface area contributed by atoms with Gasteiger partial charge < -0.3 is 24.6 Å². The second-order valence-corrected chi connectivity index (χ2v) is 5.78. The molecule has 0 saturated heterocycles. The molecule has 1 rings (SSSR count). The molecule has 7 nitrogen and oxygen atoms in total. The van der Waals surface area contributed by atoms with Gasteiger partial charge in [-0.15, -0.1) is 24.0 Å². The third-order valence-corrected chi connectivity index (χ3v) is 3.47. The van der Waals surface area contributed by atoms with Crippen molar-refractivity contribution in [1.82, 2.24) is 15.1 Å². The zero-order chi connectivity index (χ0) is 18.7. The molecule has 0 unspecified atom stereocenters. The molecular weight excluding hydrogens is 447 g/mol. The summed E-state index contributed by atoms with van der Waals surface area (Å²) >= 11 is 0. The van der Waals surface area contributed by atoms with Crippen LogP contribution in [-0.4, -0.2) is 76.2 Å². The molecule has 0 aliphatic carbocycles. The van der Waals surface area contributed by atoms with Gasteiger partial charge in [-0.3, -0.25) is 4.79 Å². The van der Waals surface area contributed by atoms with Gasteiger partial charge in [-0.2, -0.15) is 0 Å². The molecule has 8 heteroatoms. The third-order valence-electron chi connectivity index (χ3n) is 3.47. The number of ether oxygens (including phenoxy) is 2. The van der Waals surface area contributed by atoms with Crippen LogP contribution < -0.4 is 10.1 Å². The van der Waals surface area contributed by atoms with Crippen molar-refractivity contribution in [3.8, 4) is 5.75 Å². The second-order valence-electron chi connectivity index (χ2n) is 5.78. The number of carbonyl (C=O) groups is 1. The number of hydrogen-bond donors (Lipinski definition) is 1. The lowest BCUT2D eigenvalue weighted by atomic mass is 10.2. The van der Waals surface area contributed by atoms with Crippen LogP contribution in [0.25, 0.3) is 0 Å². The van der Waals surface area contributed by atoms with E-state index in [2.05, 4.69) is 10.3 Å². The highest BCUT2D eigenvalue weighted by atomic mass is 127. The number of hydrogen-bond acceptors (Lipinski definition) is 4. The molecule has 148 valence electrons. The van der Waals surface area contributed by atoms with E-state index in [0.717, 1.165) is 11.3 Å². The molecule has 26 heavy (non-hydrogen) atoms. The van der Waals surface area contributed by atoms with E-state index in [-0.39, 0.29) is 36.4 Å². The number of aliphatic imine (C=N–C) groups is 1. The van der Waals surface area contributed by atoms with E-state index in [1.807, 2.05) is 43.1 Å². The lowest BCUT2D eigenvalue weighted by Crippen LogP contribution is -2.40. The summed E-state index contributed by atoms with van der Waals surface area (Å²) in [4.78, 5) is 19.7. The molecule has 0 bridgehead atoms. The Kier molecular flexibility index (Phi) is 12.8. The zero-order valence-electron chi connectivity index (χ0n) is 16.3. The van der Waals surface area contributed by atoms with Gasteiger partial charge in [-0.05, 0) is 24.6 Å². The quantitative estimate of drug-likeness (QED) is 0.254. The van der Waals surface area contributed by atoms with Crippen LogP contribution in [0.15, 0.2) is 29.3 Å². The lowest BCUT2D eigenvalue weighted by molar-refractivity contribution is -0.127. The minimum atomic E-state index is -0.0412. The Morgan fingerprint density at radius 1 is 1.19 bits per heavy atom. The Hall–Kier alpha value is -1.55. The molecule has 0 radical (unpaired) electrons. The molecule has 1 aromatic carbocycles. The fourth-order valence-electron chi connectivity index (χ4n) is 2.07. The second kappa shape index (κ2) is 13.6. The van der Waals surface area contributed by atoms with E-state index in [1.54, 1.807) is 21.2 Å². The van der Waals surface area contributed by atoms with Crippen molar-refractivity contribution in [3.05, 3.63) is 29.8 Å². The molecule has 0 heterocycles. The molecule has 0 aliphatic rings. The first kappa shape index (κ1) is 24.5. The Balaban J connectivity index is 0.00000625. The van der Waals surface area contributed by atoms with Crippen molar-refractivity contribution >= 4 is 35.8 Å². The van der Waals surface area contributed by atoms with Crippen LogP contribution in [-0.2, 0) is 16.1 Å². The Bertz CT molecular complexity index is 550. The maximum absolute atomic E-state index is 11.8. The highest BCUT2D eigenvalue weighted by Crippen LogP contribution is 2.13. The largest absolute Gasteiger partial charge is 0.494 e. The van der Waals surface area contributed by atoms with Crippen molar-refractivity contribution in [2.75, 3.05) is 54.6 Å². The molecule has 0 aromatic heterocycles. The summed E-state index contributed by atoms with van der Waals surface area (Å²) in [5, 5.41) is 3.22. The van der Waals surface area contributed by atoms with Crippen molar-refractivity contribution in [3.63, 3.8) is 0 Å². The number of nitrogens with one attached hydrogen (secondary N) is 1. The number of likely N-dealkylation sites (N-methyl/N-ethyl adjacent to an activating group) is 1. The topological polar surface area (TPSA) is 66.4 Å². The van der Waals surface area contributed by atoms with E-state index >= 15 is 0 Å². The number of carbonyl (C=O) groups excluding carboxylic acids is 1. The fourth-order valence-corrected chi connectivity index (χ4v) is 2.07. The summed E-state index contributed by atoms with van der Waals surface area (Å²) in [5.41, 5.74) is 1.13. The molecule has 1 N–H and O–H groups in total. The predicted octanol–water partition coefficient (Wildman–Crippen LogP) is 1.82. The molecular formula is C18H31IN4O3. The first-order valence-corrected chi connectivity index (χ1v) is 8.38. The van der Waals surface area contributed by atoms with Gasteiger partial charge in [0.1, 0.15) is 12.3 Å². The number of rotatable bonds is 9. The van der Waals surface area contributed by atoms with Crippen LogP contribution in [0, 0.1) is 0 Å². The molecule has 1 amide bonds. The van der Waals surface area contributed by atoms with Crippen molar-refractivity contribution in [1.29, 1.82) is 0 Å². The SMILES string of the molecule is CCOc1ccc(CN(C)C(=NCC(=O)N(C)C)NCCOC)cc1.I. The van der Waals surface area contributed by atoms with Gasteiger partial charge in [-0.25, -0.2) is 4.99 Å². The van der Waals surface area contributed by atoms with E-state index < -0.39 is 0 Å². The van der Waals surface area contributed by atoms with Gasteiger partial charge in [-0.1, -0.05) is 12.1 Å². The van der Waals surface area contributed by atoms with Crippen molar-refractivity contribution in [2.24, 2.45) is 4.99 Å². The molecule has 1 aromatic rings. The number of halogens is 1. The summed E-state index contributed by atoms with van der Waals surface area (Å²) in [6, 6.07) is 7.97. The number of guanidine groups is 1. The Morgan fingerprint density at radius 3 is 2.38 bits per heavy atom. The molecule has 0 spiro atoms. The maximum atomic E-state index is 11.8. The normalized spacial score (nSPS) is 10.7. The standard InChI is InChI=1S/C18H30N4O3.HI/c1-6-25-16-9-7-15(8-10-16)14-22(4)18(19-11-12-24-5)20-13-17(23)21(2)3;/h7-10H,6,11-14H2,1-5H3,(H,19,20);1H. The first-order valence-electron chi connectivity index (χ1n) is 8.38. The van der Waals surface area contributed by atoms with Crippen LogP contribution >= 0.6 is 24.0 Å². The first-order chi connectivity index (χ1) is 12.0. The van der Waals surface area contributed by atoms with E-state index in [4.69, 9.17) is 9.47 Å². The number of nitrogens with zero attached hydrogens (tertiary/aromatic N) is 3. The molecule has 0 aliphatic heterocycles. The Morgan fingerprint density at radius 2 is 1.85 bits per heavy atom. The van der Waals surface area contributed by atoms with Crippen LogP contribution in [0.4, 0.5) is 0 Å². The number of amides is 1. The number of methoxy groups -OCH3 is 1. The monoisotopic (exact) mass is 478 g/mol. The van der Waals surface area contributed by atoms with Gasteiger partial charge in [0.2, 0.25) is 5.91 Å². The molecule has 0 fully saturated rings. The minimum Gasteiger partial charge on any atom is -0.494 e. The average molecular weight is 478 g/mol. The van der Waals surface area contributed by atoms with Crippen LogP contribution in [0.5, 0.6) is 5.75 Å². The minimum absolute atomic E-state index is 0. The van der Waals surface area contributed by atoms with Crippen molar-refractivity contribution < 1.29 is 14.3 Å². The van der Waals surface area contributed by atoms with E-state index in [0.29, 0.717) is 32.3 Å². The summed E-state index contributed by atoms with van der Waals surface area (Å²) in [7, 11) is 7.03. The molecule has 0 saturated carbocycles. The highest BCUT2D eigenvalue weighted by molar-refractivity contribution is 14.0. The number of benzene rings is 1. The summed E-state index contributed by atoms with van der Waals surface area (Å²) in [6.07, 6.45) is 0. The van der Waals surface area contributed by atoms with Gasteiger partial charge >= 0.3 is 0 Å². The molecule has 0 atom stereocenters. The average Bonchev–Trinajstić information content (AvgIpc) is 2.59. The van der Waals surface area contributed by atoms with Crippen LogP contribution in [0.2, 0.25) is 0 Å². The zero-order valence-corrected chi connectivity index (χ0v) is 18.6. The Labute approximate surface area is 173 Å². The van der Waals surface area contributed by atoms with Crippen molar-refractivity contribution in [2.45, 2.75) is 13.5 Å². The van der Waals surface area contributed by atoms with Gasteiger partial charge in [0.05, 0.1) is 13.2 Å². The van der Waals surface area contributed by atoms with Crippen LogP contribution in [0.1, 0.15) is 12.5 Å². The van der Waals surface area contributed by atoms with Crippen LogP contribution in [0.3, 0.4) is 0 Å². The summed E-state index contributed by atoms with van der Waals surface area (Å²) < 4.78 is 10.5. The summed E-state index contributed by atoms with van der Waals surface area (Å²) in [5.74, 6) is 1.49. The third kappa shape index (κ3) is 9.23. The maximum Gasteiger partial charge on any atom is 0.243 e. The lowest BCUT2D eigenvalue weighted by Gasteiger charge is -2.23. The fraction of sp³-hybridized carbons (Fsp3) is 0.556. The van der Waals surface area contributed by atoms with Gasteiger partial charge in [0, 0.05) is 41.3 Å². The highest BCUT2D eigenvalue weighted by Gasteiger charge is 2.09. The predicted molar refractivity (Wildman–Crippen MR) is 115 cm³/mol. The smallest absolute Gasteiger partial charge is 0.243 e. The van der Waals surface area contributed by atoms with Gasteiger partial charge in [0.15, 0.2) is 5.96 Å². The summed E-state index contributed by atoms with van der Waals surface area (Å²) in [6.45, 7) is 4.58. The van der Waals surface area contributed by atoms with E-state index in [1.165, 1.54) is 4.90 Å². The van der Waals surface area contributed by atoms with Gasteiger partial charge in [0.25, 0.3) is 0 Å². The van der Waals surface area contributed by atoms with E-state index in [9.17, 15) is 4.79 Å².